The predicted molar refractivity (Wildman–Crippen MR) is 60.0 cm³/mol. The molecule has 6 heteroatoms. The van der Waals surface area contributed by atoms with Gasteiger partial charge in [0.05, 0.1) is 0 Å². The Bertz CT molecular complexity index is 537. The van der Waals surface area contributed by atoms with Crippen molar-refractivity contribution in [1.82, 2.24) is 0 Å². The van der Waals surface area contributed by atoms with Crippen molar-refractivity contribution in [3.8, 4) is 0 Å². The van der Waals surface area contributed by atoms with Crippen molar-refractivity contribution in [2.24, 2.45) is 0 Å². The highest BCUT2D eigenvalue weighted by Gasteiger charge is 2.24. The van der Waals surface area contributed by atoms with Crippen molar-refractivity contribution in [2.45, 2.75) is 0 Å². The average molecular weight is 254 g/mol. The van der Waals surface area contributed by atoms with Gasteiger partial charge in [-0.25, -0.2) is 17.6 Å². The first-order valence-electron chi connectivity index (χ1n) is 5.07. The minimum absolute atomic E-state index is 0.276. The maximum atomic E-state index is 13.4. The highest BCUT2D eigenvalue weighted by atomic mass is 19.1. The molecule has 0 aliphatic heterocycles. The zero-order chi connectivity index (χ0) is 13.3. The van der Waals surface area contributed by atoms with Crippen molar-refractivity contribution < 1.29 is 22.6 Å². The molecule has 0 saturated heterocycles. The van der Waals surface area contributed by atoms with Gasteiger partial charge in [0.15, 0.2) is 0 Å². The van der Waals surface area contributed by atoms with Crippen molar-refractivity contribution in [1.29, 1.82) is 0 Å². The van der Waals surface area contributed by atoms with Crippen molar-refractivity contribution >= 4 is 17.8 Å². The highest BCUT2D eigenvalue weighted by molar-refractivity contribution is 6.79. The van der Waals surface area contributed by atoms with Gasteiger partial charge < -0.3 is 5.02 Å². The third-order valence-corrected chi connectivity index (χ3v) is 2.51. The van der Waals surface area contributed by atoms with Crippen LogP contribution in [0.4, 0.5) is 17.6 Å². The summed E-state index contributed by atoms with van der Waals surface area (Å²) in [6.45, 7) is -1.62. The highest BCUT2D eigenvalue weighted by Crippen LogP contribution is 2.04. The molecule has 0 aliphatic rings. The summed E-state index contributed by atoms with van der Waals surface area (Å²) in [7, 11) is 0. The van der Waals surface area contributed by atoms with Crippen LogP contribution in [0.3, 0.4) is 0 Å². The Morgan fingerprint density at radius 2 is 1.11 bits per heavy atom. The molecule has 0 spiro atoms. The normalized spacial score (nSPS) is 10.5. The number of benzene rings is 2. The minimum atomic E-state index is -1.62. The molecule has 0 aromatic heterocycles. The SMILES string of the molecule is OB(c1ccc(F)cc1F)c1ccc(F)cc1F. The molecule has 0 fully saturated rings. The van der Waals surface area contributed by atoms with E-state index in [1.54, 1.807) is 0 Å². The summed E-state index contributed by atoms with van der Waals surface area (Å²) in [5.41, 5.74) is -0.552. The third kappa shape index (κ3) is 2.38. The number of hydrogen-bond acceptors (Lipinski definition) is 1. The van der Waals surface area contributed by atoms with Crippen LogP contribution < -0.4 is 10.9 Å². The van der Waals surface area contributed by atoms with Crippen LogP contribution in [-0.2, 0) is 0 Å². The lowest BCUT2D eigenvalue weighted by molar-refractivity contribution is 0.567. The van der Waals surface area contributed by atoms with Crippen LogP contribution in [-0.4, -0.2) is 11.9 Å². The molecule has 0 radical (unpaired) electrons. The van der Waals surface area contributed by atoms with E-state index in [0.29, 0.717) is 12.1 Å². The van der Waals surface area contributed by atoms with Crippen molar-refractivity contribution in [3.05, 3.63) is 59.7 Å². The maximum absolute atomic E-state index is 13.4. The van der Waals surface area contributed by atoms with E-state index in [2.05, 4.69) is 0 Å². The predicted octanol–water partition coefficient (Wildman–Crippen LogP) is 1.34. The van der Waals surface area contributed by atoms with E-state index in [0.717, 1.165) is 24.3 Å². The summed E-state index contributed by atoms with van der Waals surface area (Å²) in [6.07, 6.45) is 0. The quantitative estimate of drug-likeness (QED) is 0.633. The minimum Gasteiger partial charge on any atom is -0.443 e. The Kier molecular flexibility index (Phi) is 3.38. The fourth-order valence-corrected chi connectivity index (χ4v) is 1.61. The molecule has 92 valence electrons. The zero-order valence-corrected chi connectivity index (χ0v) is 9.00. The van der Waals surface area contributed by atoms with Crippen LogP contribution in [0, 0.1) is 23.3 Å². The summed E-state index contributed by atoms with van der Waals surface area (Å²) >= 11 is 0. The Balaban J connectivity index is 2.44. The average Bonchev–Trinajstić information content (AvgIpc) is 2.28. The summed E-state index contributed by atoms with van der Waals surface area (Å²) in [6, 6.07) is 5.09. The maximum Gasteiger partial charge on any atom is 0.364 e. The van der Waals surface area contributed by atoms with E-state index in [-0.39, 0.29) is 10.9 Å². The molecule has 1 N–H and O–H groups in total. The summed E-state index contributed by atoms with van der Waals surface area (Å²) in [4.78, 5) is 0. The molecule has 2 rings (SSSR count). The van der Waals surface area contributed by atoms with Gasteiger partial charge in [0.25, 0.3) is 0 Å². The largest absolute Gasteiger partial charge is 0.443 e. The molecule has 18 heavy (non-hydrogen) atoms. The molecule has 0 bridgehead atoms. The lowest BCUT2D eigenvalue weighted by atomic mass is 9.55. The molecule has 2 aromatic carbocycles. The molecule has 1 nitrogen and oxygen atoms in total. The Morgan fingerprint density at radius 3 is 1.44 bits per heavy atom. The lowest BCUT2D eigenvalue weighted by Gasteiger charge is -2.09. The van der Waals surface area contributed by atoms with E-state index in [9.17, 15) is 22.6 Å². The van der Waals surface area contributed by atoms with E-state index < -0.39 is 30.2 Å². The first-order chi connectivity index (χ1) is 8.49. The van der Waals surface area contributed by atoms with Crippen LogP contribution in [0.1, 0.15) is 0 Å². The van der Waals surface area contributed by atoms with E-state index >= 15 is 0 Å². The van der Waals surface area contributed by atoms with Gasteiger partial charge >= 0.3 is 6.92 Å². The van der Waals surface area contributed by atoms with Crippen LogP contribution in [0.5, 0.6) is 0 Å². The molecular formula is C12H7BF4O. The number of rotatable bonds is 2. The van der Waals surface area contributed by atoms with E-state index in [4.69, 9.17) is 0 Å². The van der Waals surface area contributed by atoms with Crippen LogP contribution in [0.15, 0.2) is 36.4 Å². The molecule has 0 atom stereocenters. The lowest BCUT2D eigenvalue weighted by Crippen LogP contribution is -2.45. The summed E-state index contributed by atoms with van der Waals surface area (Å²) in [5, 5.41) is 9.81. The number of hydrogen-bond donors (Lipinski definition) is 1. The second-order valence-electron chi connectivity index (χ2n) is 3.73. The van der Waals surface area contributed by atoms with Crippen LogP contribution in [0.25, 0.3) is 0 Å². The smallest absolute Gasteiger partial charge is 0.364 e. The van der Waals surface area contributed by atoms with Gasteiger partial charge in [0.1, 0.15) is 23.3 Å². The standard InChI is InChI=1S/C12H7BF4O/c14-7-1-3-9(11(16)5-7)13(18)10-4-2-8(15)6-12(10)17/h1-6,18H. The van der Waals surface area contributed by atoms with E-state index in [1.165, 1.54) is 0 Å². The van der Waals surface area contributed by atoms with Crippen molar-refractivity contribution in [2.75, 3.05) is 0 Å². The fraction of sp³-hybridized carbons (Fsp3) is 0. The van der Waals surface area contributed by atoms with Crippen LogP contribution in [0.2, 0.25) is 0 Å². The second kappa shape index (κ2) is 4.82. The molecule has 2 aromatic rings. The molecular weight excluding hydrogens is 247 g/mol. The zero-order valence-electron chi connectivity index (χ0n) is 9.00. The topological polar surface area (TPSA) is 20.2 Å². The van der Waals surface area contributed by atoms with Gasteiger partial charge in [-0.15, -0.1) is 0 Å². The third-order valence-electron chi connectivity index (χ3n) is 2.51. The Morgan fingerprint density at radius 1 is 0.722 bits per heavy atom. The van der Waals surface area contributed by atoms with Gasteiger partial charge in [0, 0.05) is 12.1 Å². The van der Waals surface area contributed by atoms with Gasteiger partial charge in [-0.2, -0.15) is 0 Å². The van der Waals surface area contributed by atoms with Crippen molar-refractivity contribution in [3.63, 3.8) is 0 Å². The first-order valence-corrected chi connectivity index (χ1v) is 5.07. The Labute approximate surface area is 101 Å². The Hall–Kier alpha value is -1.82. The van der Waals surface area contributed by atoms with Gasteiger partial charge in [-0.3, -0.25) is 0 Å². The molecule has 0 aliphatic carbocycles. The van der Waals surface area contributed by atoms with Crippen LogP contribution >= 0.6 is 0 Å². The summed E-state index contributed by atoms with van der Waals surface area (Å²) in [5.74, 6) is -3.59. The number of halogens is 4. The first kappa shape index (κ1) is 12.6. The second-order valence-corrected chi connectivity index (χ2v) is 3.73. The summed E-state index contributed by atoms with van der Waals surface area (Å²) < 4.78 is 52.2. The van der Waals surface area contributed by atoms with E-state index in [1.807, 2.05) is 0 Å². The molecule has 0 saturated carbocycles. The monoisotopic (exact) mass is 254 g/mol. The van der Waals surface area contributed by atoms with Gasteiger partial charge in [-0.05, 0) is 23.1 Å². The molecule has 0 amide bonds. The molecule has 0 heterocycles. The fourth-order valence-electron chi connectivity index (χ4n) is 1.61. The van der Waals surface area contributed by atoms with Gasteiger partial charge in [-0.1, -0.05) is 12.1 Å². The molecule has 0 unspecified atom stereocenters. The van der Waals surface area contributed by atoms with Gasteiger partial charge in [0.2, 0.25) is 0 Å².